The number of halogens is 3. The topological polar surface area (TPSA) is 87.0 Å². The predicted molar refractivity (Wildman–Crippen MR) is 115 cm³/mol. The molecule has 0 radical (unpaired) electrons. The van der Waals surface area contributed by atoms with Crippen LogP contribution in [0.4, 0.5) is 18.0 Å². The molecule has 2 fully saturated rings. The third kappa shape index (κ3) is 5.83. The lowest BCUT2D eigenvalue weighted by molar-refractivity contribution is -0.274. The van der Waals surface area contributed by atoms with Gasteiger partial charge in [-0.05, 0) is 30.5 Å². The summed E-state index contributed by atoms with van der Waals surface area (Å²) < 4.78 is 46.6. The van der Waals surface area contributed by atoms with Gasteiger partial charge in [0.15, 0.2) is 0 Å². The van der Waals surface area contributed by atoms with E-state index in [1.807, 2.05) is 0 Å². The van der Waals surface area contributed by atoms with Gasteiger partial charge in [-0.3, -0.25) is 4.99 Å². The summed E-state index contributed by atoms with van der Waals surface area (Å²) in [7, 11) is 1.57. The highest BCUT2D eigenvalue weighted by atomic mass is 19.4. The van der Waals surface area contributed by atoms with Crippen molar-refractivity contribution < 1.29 is 32.5 Å². The van der Waals surface area contributed by atoms with Gasteiger partial charge in [0.05, 0.1) is 12.6 Å². The van der Waals surface area contributed by atoms with Gasteiger partial charge in [0.2, 0.25) is 0 Å². The number of ether oxygens (including phenoxy) is 2. The zero-order chi connectivity index (χ0) is 23.6. The Morgan fingerprint density at radius 3 is 2.52 bits per heavy atom. The molecule has 1 N–H and O–H groups in total. The molecule has 8 nitrogen and oxygen atoms in total. The van der Waals surface area contributed by atoms with Crippen molar-refractivity contribution in [2.75, 3.05) is 46.4 Å². The molecule has 2 amide bonds. The van der Waals surface area contributed by atoms with E-state index < -0.39 is 12.5 Å². The second kappa shape index (κ2) is 9.68. The molecule has 0 aromatic heterocycles. The highest BCUT2D eigenvalue weighted by Gasteiger charge is 2.37. The third-order valence-corrected chi connectivity index (χ3v) is 6.18. The Bertz CT molecular complexity index is 919. The number of hydrogen-bond donors (Lipinski definition) is 1. The Hall–Kier alpha value is -2.66. The van der Waals surface area contributed by atoms with E-state index in [0.717, 1.165) is 11.3 Å². The molecule has 3 atom stereocenters. The van der Waals surface area contributed by atoms with E-state index in [1.165, 1.54) is 12.1 Å². The van der Waals surface area contributed by atoms with Gasteiger partial charge < -0.3 is 24.4 Å². The van der Waals surface area contributed by atoms with Crippen LogP contribution in [-0.4, -0.2) is 91.4 Å². The zero-order valence-corrected chi connectivity index (χ0v) is 18.3. The van der Waals surface area contributed by atoms with Crippen LogP contribution in [0.1, 0.15) is 24.3 Å². The fourth-order valence-corrected chi connectivity index (χ4v) is 4.63. The number of benzene rings is 1. The summed E-state index contributed by atoms with van der Waals surface area (Å²) in [6, 6.07) is 5.67. The van der Waals surface area contributed by atoms with Gasteiger partial charge in [-0.2, -0.15) is 0 Å². The number of aliphatic imine (C=N–C) groups is 2. The standard InChI is InChI=1S/C22H27F3N4O4/c1-32-13-20-26-9-19(27-20)16-8-15(14-2-4-18(5-3-14)33-22(23,24)25)10-29(11-16)21(31)28-7-6-17(30)12-28/h2-5,15-17,30H,6-13H2,1H3. The number of carbonyl (C=O) groups is 1. The van der Waals surface area contributed by atoms with Crippen LogP contribution in [0, 0.1) is 5.92 Å². The third-order valence-electron chi connectivity index (χ3n) is 6.18. The van der Waals surface area contributed by atoms with E-state index in [4.69, 9.17) is 4.74 Å². The number of carbonyl (C=O) groups excluding carboxylic acids is 1. The second-order valence-electron chi connectivity index (χ2n) is 8.59. The molecule has 0 aliphatic carbocycles. The zero-order valence-electron chi connectivity index (χ0n) is 18.3. The van der Waals surface area contributed by atoms with Crippen molar-refractivity contribution in [3.05, 3.63) is 29.8 Å². The van der Waals surface area contributed by atoms with Crippen LogP contribution < -0.4 is 4.74 Å². The predicted octanol–water partition coefficient (Wildman–Crippen LogP) is 2.68. The maximum Gasteiger partial charge on any atom is 0.573 e. The Morgan fingerprint density at radius 1 is 1.15 bits per heavy atom. The minimum atomic E-state index is -4.75. The second-order valence-corrected chi connectivity index (χ2v) is 8.59. The highest BCUT2D eigenvalue weighted by Crippen LogP contribution is 2.34. The van der Waals surface area contributed by atoms with Crippen molar-refractivity contribution in [1.82, 2.24) is 9.80 Å². The van der Waals surface area contributed by atoms with Crippen molar-refractivity contribution in [1.29, 1.82) is 0 Å². The summed E-state index contributed by atoms with van der Waals surface area (Å²) in [5, 5.41) is 9.84. The van der Waals surface area contributed by atoms with Crippen LogP contribution >= 0.6 is 0 Å². The molecule has 180 valence electrons. The first-order chi connectivity index (χ1) is 15.7. The molecular weight excluding hydrogens is 441 g/mol. The lowest BCUT2D eigenvalue weighted by Gasteiger charge is -2.39. The Morgan fingerprint density at radius 2 is 1.88 bits per heavy atom. The maximum absolute atomic E-state index is 13.2. The molecule has 3 aliphatic heterocycles. The molecule has 0 saturated carbocycles. The normalized spacial score (nSPS) is 25.8. The van der Waals surface area contributed by atoms with Crippen LogP contribution in [0.25, 0.3) is 0 Å². The smallest absolute Gasteiger partial charge is 0.406 e. The number of piperidine rings is 1. The quantitative estimate of drug-likeness (QED) is 0.720. The lowest BCUT2D eigenvalue weighted by Crippen LogP contribution is -2.50. The molecule has 4 rings (SSSR count). The largest absolute Gasteiger partial charge is 0.573 e. The number of rotatable bonds is 5. The summed E-state index contributed by atoms with van der Waals surface area (Å²) >= 11 is 0. The molecule has 3 aliphatic rings. The van der Waals surface area contributed by atoms with Gasteiger partial charge in [-0.15, -0.1) is 13.2 Å². The molecule has 33 heavy (non-hydrogen) atoms. The molecule has 3 heterocycles. The number of urea groups is 1. The maximum atomic E-state index is 13.2. The van der Waals surface area contributed by atoms with Crippen LogP contribution in [0.5, 0.6) is 5.75 Å². The highest BCUT2D eigenvalue weighted by molar-refractivity contribution is 6.05. The summed E-state index contributed by atoms with van der Waals surface area (Å²) in [6.07, 6.45) is -4.02. The molecule has 0 spiro atoms. The molecule has 3 unspecified atom stereocenters. The van der Waals surface area contributed by atoms with E-state index in [1.54, 1.807) is 29.0 Å². The van der Waals surface area contributed by atoms with Gasteiger partial charge in [-0.25, -0.2) is 9.79 Å². The summed E-state index contributed by atoms with van der Waals surface area (Å²) in [5.41, 5.74) is 1.70. The van der Waals surface area contributed by atoms with Crippen LogP contribution in [0.3, 0.4) is 0 Å². The summed E-state index contributed by atoms with van der Waals surface area (Å²) in [6.45, 7) is 2.47. The number of amidine groups is 1. The molecule has 11 heteroatoms. The fourth-order valence-electron chi connectivity index (χ4n) is 4.63. The number of methoxy groups -OCH3 is 1. The minimum Gasteiger partial charge on any atom is -0.406 e. The average Bonchev–Trinajstić information content (AvgIpc) is 3.42. The number of β-amino-alcohol motifs (C(OH)–C–C–N with tert-alkyl or cyclic N) is 1. The summed E-state index contributed by atoms with van der Waals surface area (Å²) in [5.74, 6) is 0.206. The molecule has 1 aromatic rings. The number of hydrogen-bond acceptors (Lipinski definition) is 6. The SMILES string of the molecule is COCC1=NCC(C2CC(c3ccc(OC(F)(F)F)cc3)CN(C(=O)N3CCC(O)C3)C2)=N1. The average molecular weight is 468 g/mol. The van der Waals surface area contributed by atoms with E-state index in [2.05, 4.69) is 14.7 Å². The number of nitrogens with zero attached hydrogens (tertiary/aromatic N) is 4. The van der Waals surface area contributed by atoms with Crippen molar-refractivity contribution in [2.24, 2.45) is 15.9 Å². The van der Waals surface area contributed by atoms with E-state index in [0.29, 0.717) is 58.0 Å². The first kappa shape index (κ1) is 23.5. The van der Waals surface area contributed by atoms with E-state index >= 15 is 0 Å². The van der Waals surface area contributed by atoms with Crippen LogP contribution in [0.2, 0.25) is 0 Å². The number of alkyl halides is 3. The Kier molecular flexibility index (Phi) is 6.89. The summed E-state index contributed by atoms with van der Waals surface area (Å²) in [4.78, 5) is 25.6. The van der Waals surface area contributed by atoms with Crippen molar-refractivity contribution in [3.8, 4) is 5.75 Å². The van der Waals surface area contributed by atoms with E-state index in [9.17, 15) is 23.1 Å². The lowest BCUT2D eigenvalue weighted by atomic mass is 9.82. The molecule has 0 bridgehead atoms. The first-order valence-corrected chi connectivity index (χ1v) is 10.9. The van der Waals surface area contributed by atoms with Crippen molar-refractivity contribution in [3.63, 3.8) is 0 Å². The minimum absolute atomic E-state index is 0.0376. The van der Waals surface area contributed by atoms with Gasteiger partial charge in [0.25, 0.3) is 0 Å². The number of aliphatic hydroxyl groups excluding tert-OH is 1. The van der Waals surface area contributed by atoms with Gasteiger partial charge >= 0.3 is 12.4 Å². The Labute approximate surface area is 189 Å². The number of amides is 2. The van der Waals surface area contributed by atoms with Crippen LogP contribution in [0.15, 0.2) is 34.3 Å². The van der Waals surface area contributed by atoms with Crippen molar-refractivity contribution >= 4 is 17.6 Å². The number of aliphatic hydroxyl groups is 1. The molecule has 1 aromatic carbocycles. The molecular formula is C22H27F3N4O4. The first-order valence-electron chi connectivity index (χ1n) is 10.9. The fraction of sp³-hybridized carbons (Fsp3) is 0.591. The monoisotopic (exact) mass is 468 g/mol. The van der Waals surface area contributed by atoms with Crippen LogP contribution in [-0.2, 0) is 4.74 Å². The molecule has 2 saturated heterocycles. The van der Waals surface area contributed by atoms with Gasteiger partial charge in [0, 0.05) is 50.8 Å². The Balaban J connectivity index is 1.53. The van der Waals surface area contributed by atoms with E-state index in [-0.39, 0.29) is 23.6 Å². The number of likely N-dealkylation sites (tertiary alicyclic amines) is 2. The van der Waals surface area contributed by atoms with Crippen molar-refractivity contribution in [2.45, 2.75) is 31.2 Å². The van der Waals surface area contributed by atoms with Gasteiger partial charge in [0.1, 0.15) is 18.2 Å². The van der Waals surface area contributed by atoms with Gasteiger partial charge in [-0.1, -0.05) is 12.1 Å².